The van der Waals surface area contributed by atoms with Crippen LogP contribution in [-0.4, -0.2) is 50.9 Å². The summed E-state index contributed by atoms with van der Waals surface area (Å²) in [4.78, 5) is 14.6. The van der Waals surface area contributed by atoms with E-state index in [4.69, 9.17) is 4.74 Å². The summed E-state index contributed by atoms with van der Waals surface area (Å²) in [7, 11) is -1.27. The number of hydrogen-bond donors (Lipinski definition) is 0. The minimum atomic E-state index is -2.92. The summed E-state index contributed by atoms with van der Waals surface area (Å²) < 4.78 is 28.3. The van der Waals surface area contributed by atoms with Gasteiger partial charge in [0.05, 0.1) is 18.6 Å². The first kappa shape index (κ1) is 16.3. The van der Waals surface area contributed by atoms with Gasteiger partial charge in [-0.15, -0.1) is 0 Å². The number of nitrogens with zero attached hydrogens (tertiary/aromatic N) is 1. The number of sulfone groups is 1. The molecule has 2 aliphatic heterocycles. The van der Waals surface area contributed by atoms with E-state index in [1.54, 1.807) is 7.11 Å². The van der Waals surface area contributed by atoms with E-state index in [0.29, 0.717) is 25.9 Å². The van der Waals surface area contributed by atoms with Crippen molar-refractivity contribution >= 4 is 15.7 Å². The van der Waals surface area contributed by atoms with Crippen molar-refractivity contribution in [1.29, 1.82) is 0 Å². The van der Waals surface area contributed by atoms with E-state index >= 15 is 0 Å². The van der Waals surface area contributed by atoms with Gasteiger partial charge < -0.3 is 9.64 Å². The molecule has 0 spiro atoms. The molecular formula is C17H23NO4S. The fourth-order valence-corrected chi connectivity index (χ4v) is 4.94. The quantitative estimate of drug-likeness (QED) is 0.819. The number of hydrogen-bond acceptors (Lipinski definition) is 4. The zero-order chi connectivity index (χ0) is 16.4. The maximum Gasteiger partial charge on any atom is 0.225 e. The molecular weight excluding hydrogens is 314 g/mol. The van der Waals surface area contributed by atoms with Crippen LogP contribution in [0.5, 0.6) is 5.75 Å². The van der Waals surface area contributed by atoms with E-state index in [2.05, 4.69) is 12.1 Å². The summed E-state index contributed by atoms with van der Waals surface area (Å²) in [6, 6.07) is 6.09. The second-order valence-electron chi connectivity index (χ2n) is 6.39. The van der Waals surface area contributed by atoms with Gasteiger partial charge in [0.2, 0.25) is 5.91 Å². The van der Waals surface area contributed by atoms with Crippen LogP contribution in [0.2, 0.25) is 0 Å². The Hall–Kier alpha value is -1.56. The molecule has 0 aromatic heterocycles. The van der Waals surface area contributed by atoms with Crippen molar-refractivity contribution in [3.8, 4) is 5.75 Å². The first-order valence-electron chi connectivity index (χ1n) is 8.13. The van der Waals surface area contributed by atoms with Crippen molar-refractivity contribution in [2.45, 2.75) is 25.7 Å². The molecule has 5 nitrogen and oxygen atoms in total. The topological polar surface area (TPSA) is 63.7 Å². The lowest BCUT2D eigenvalue weighted by atomic mass is 10.0. The zero-order valence-corrected chi connectivity index (χ0v) is 14.3. The Morgan fingerprint density at radius 2 is 1.78 bits per heavy atom. The SMILES string of the molecule is COc1ccc2c(c1)CCN(C(=O)C1CCS(=O)(=O)CC1)CC2. The molecule has 2 aliphatic rings. The molecule has 0 unspecified atom stereocenters. The Balaban J connectivity index is 1.66. The average molecular weight is 337 g/mol. The monoisotopic (exact) mass is 337 g/mol. The van der Waals surface area contributed by atoms with Crippen molar-refractivity contribution in [1.82, 2.24) is 4.90 Å². The highest BCUT2D eigenvalue weighted by molar-refractivity contribution is 7.91. The summed E-state index contributed by atoms with van der Waals surface area (Å²) in [5.74, 6) is 1.14. The Morgan fingerprint density at radius 1 is 1.13 bits per heavy atom. The van der Waals surface area contributed by atoms with Gasteiger partial charge in [0.1, 0.15) is 15.6 Å². The molecule has 0 bridgehead atoms. The maximum absolute atomic E-state index is 12.7. The normalized spacial score (nSPS) is 21.3. The second kappa shape index (κ2) is 6.51. The van der Waals surface area contributed by atoms with Gasteiger partial charge in [0.25, 0.3) is 0 Å². The van der Waals surface area contributed by atoms with Crippen LogP contribution < -0.4 is 4.74 Å². The highest BCUT2D eigenvalue weighted by Gasteiger charge is 2.31. The summed E-state index contributed by atoms with van der Waals surface area (Å²) in [5.41, 5.74) is 2.51. The van der Waals surface area contributed by atoms with Crippen LogP contribution in [0.25, 0.3) is 0 Å². The number of carbonyl (C=O) groups excluding carboxylic acids is 1. The molecule has 0 aliphatic carbocycles. The van der Waals surface area contributed by atoms with Crippen LogP contribution in [0.3, 0.4) is 0 Å². The molecule has 3 rings (SSSR count). The van der Waals surface area contributed by atoms with E-state index in [9.17, 15) is 13.2 Å². The predicted octanol–water partition coefficient (Wildman–Crippen LogP) is 1.45. The number of ether oxygens (including phenoxy) is 1. The van der Waals surface area contributed by atoms with E-state index in [-0.39, 0.29) is 23.3 Å². The molecule has 1 saturated heterocycles. The van der Waals surface area contributed by atoms with Crippen LogP contribution in [0, 0.1) is 5.92 Å². The van der Waals surface area contributed by atoms with Crippen molar-refractivity contribution in [3.63, 3.8) is 0 Å². The van der Waals surface area contributed by atoms with E-state index < -0.39 is 9.84 Å². The molecule has 0 saturated carbocycles. The standard InChI is InChI=1S/C17H23NO4S/c1-22-16-3-2-13-4-8-18(9-5-15(13)12-16)17(19)14-6-10-23(20,21)11-7-14/h2-3,12,14H,4-11H2,1H3. The van der Waals surface area contributed by atoms with Crippen LogP contribution in [0.15, 0.2) is 18.2 Å². The van der Waals surface area contributed by atoms with Crippen molar-refractivity contribution in [2.75, 3.05) is 31.7 Å². The summed E-state index contributed by atoms with van der Waals surface area (Å²) in [6.07, 6.45) is 2.61. The third-order valence-electron chi connectivity index (χ3n) is 4.93. The number of carbonyl (C=O) groups is 1. The van der Waals surface area contributed by atoms with E-state index in [0.717, 1.165) is 18.6 Å². The third-order valence-corrected chi connectivity index (χ3v) is 6.65. The summed E-state index contributed by atoms with van der Waals surface area (Å²) in [6.45, 7) is 1.41. The number of rotatable bonds is 2. The van der Waals surface area contributed by atoms with Gasteiger partial charge >= 0.3 is 0 Å². The highest BCUT2D eigenvalue weighted by Crippen LogP contribution is 2.25. The van der Waals surface area contributed by atoms with Gasteiger partial charge in [-0.05, 0) is 48.9 Å². The zero-order valence-electron chi connectivity index (χ0n) is 13.5. The molecule has 0 N–H and O–H groups in total. The second-order valence-corrected chi connectivity index (χ2v) is 8.69. The number of methoxy groups -OCH3 is 1. The number of amides is 1. The maximum atomic E-state index is 12.7. The van der Waals surface area contributed by atoms with Crippen LogP contribution >= 0.6 is 0 Å². The molecule has 23 heavy (non-hydrogen) atoms. The van der Waals surface area contributed by atoms with Crippen LogP contribution in [0.1, 0.15) is 24.0 Å². The minimum Gasteiger partial charge on any atom is -0.497 e. The van der Waals surface area contributed by atoms with Crippen molar-refractivity contribution in [3.05, 3.63) is 29.3 Å². The lowest BCUT2D eigenvalue weighted by Crippen LogP contribution is -2.41. The van der Waals surface area contributed by atoms with Gasteiger partial charge in [-0.25, -0.2) is 8.42 Å². The van der Waals surface area contributed by atoms with E-state index in [1.807, 2.05) is 11.0 Å². The smallest absolute Gasteiger partial charge is 0.225 e. The molecule has 1 aromatic carbocycles. The lowest BCUT2D eigenvalue weighted by molar-refractivity contribution is -0.135. The Morgan fingerprint density at radius 3 is 2.43 bits per heavy atom. The largest absolute Gasteiger partial charge is 0.497 e. The van der Waals surface area contributed by atoms with Gasteiger partial charge in [-0.1, -0.05) is 6.07 Å². The first-order chi connectivity index (χ1) is 11.0. The molecule has 1 amide bonds. The van der Waals surface area contributed by atoms with Gasteiger partial charge in [-0.3, -0.25) is 4.79 Å². The third kappa shape index (κ3) is 3.68. The first-order valence-corrected chi connectivity index (χ1v) is 9.95. The van der Waals surface area contributed by atoms with Crippen molar-refractivity contribution < 1.29 is 17.9 Å². The van der Waals surface area contributed by atoms with Crippen molar-refractivity contribution in [2.24, 2.45) is 5.92 Å². The molecule has 1 aromatic rings. The Bertz CT molecular complexity index is 685. The summed E-state index contributed by atoms with van der Waals surface area (Å²) >= 11 is 0. The molecule has 126 valence electrons. The number of fused-ring (bicyclic) bond motifs is 1. The predicted molar refractivity (Wildman–Crippen MR) is 88.4 cm³/mol. The van der Waals surface area contributed by atoms with E-state index in [1.165, 1.54) is 11.1 Å². The Kier molecular flexibility index (Phi) is 4.62. The molecule has 6 heteroatoms. The van der Waals surface area contributed by atoms with Crippen LogP contribution in [-0.2, 0) is 27.5 Å². The number of benzene rings is 1. The minimum absolute atomic E-state index is 0.125. The average Bonchev–Trinajstić information content (AvgIpc) is 2.76. The lowest BCUT2D eigenvalue weighted by Gasteiger charge is -2.28. The molecule has 0 atom stereocenters. The fourth-order valence-electron chi connectivity index (χ4n) is 3.44. The molecule has 2 heterocycles. The highest BCUT2D eigenvalue weighted by atomic mass is 32.2. The van der Waals surface area contributed by atoms with Gasteiger partial charge in [0.15, 0.2) is 0 Å². The van der Waals surface area contributed by atoms with Gasteiger partial charge in [0, 0.05) is 19.0 Å². The van der Waals surface area contributed by atoms with Gasteiger partial charge in [-0.2, -0.15) is 0 Å². The summed E-state index contributed by atoms with van der Waals surface area (Å²) in [5, 5.41) is 0. The fraction of sp³-hybridized carbons (Fsp3) is 0.588. The van der Waals surface area contributed by atoms with Crippen LogP contribution in [0.4, 0.5) is 0 Å². The Labute approximate surface area is 137 Å². The molecule has 0 radical (unpaired) electrons. The molecule has 1 fully saturated rings.